The van der Waals surface area contributed by atoms with Crippen LogP contribution in [0.3, 0.4) is 0 Å². The Balaban J connectivity index is 0.0000000883. The van der Waals surface area contributed by atoms with Crippen molar-refractivity contribution in [3.63, 3.8) is 0 Å². The number of fused-ring (bicyclic) bond motifs is 21. The third-order valence-electron chi connectivity index (χ3n) is 17.9. The van der Waals surface area contributed by atoms with Crippen LogP contribution in [-0.2, 0) is 44.9 Å². The fourth-order valence-corrected chi connectivity index (χ4v) is 13.6. The van der Waals surface area contributed by atoms with E-state index in [1.807, 2.05) is 61.7 Å². The second-order valence-corrected chi connectivity index (χ2v) is 23.3. The molecule has 8 heteroatoms. The third-order valence-corrected chi connectivity index (χ3v) is 17.9. The molecule has 0 saturated carbocycles. The van der Waals surface area contributed by atoms with E-state index in [2.05, 4.69) is 258 Å². The van der Waals surface area contributed by atoms with E-state index in [-0.39, 0.29) is 0 Å². The molecule has 0 spiro atoms. The summed E-state index contributed by atoms with van der Waals surface area (Å²) >= 11 is 0. The number of pyridine rings is 4. The highest BCUT2D eigenvalue weighted by molar-refractivity contribution is 5.80. The van der Waals surface area contributed by atoms with E-state index in [0.717, 1.165) is 62.0 Å². The summed E-state index contributed by atoms with van der Waals surface area (Å²) in [5.41, 5.74) is 37.2. The van der Waals surface area contributed by atoms with E-state index in [1.54, 1.807) is 12.7 Å². The molecule has 6 heterocycles. The molecule has 21 rings (SSSR count). The minimum Gasteiger partial charge on any atom is -0.264 e. The van der Waals surface area contributed by atoms with Gasteiger partial charge in [-0.1, -0.05) is 206 Å². The molecule has 0 amide bonds. The highest BCUT2D eigenvalue weighted by Gasteiger charge is 2.23. The Kier molecular flexibility index (Phi) is 15.8. The Labute approximate surface area is 530 Å². The van der Waals surface area contributed by atoms with Crippen molar-refractivity contribution in [3.05, 3.63) is 371 Å². The van der Waals surface area contributed by atoms with Crippen molar-refractivity contribution < 1.29 is 0 Å². The van der Waals surface area contributed by atoms with Gasteiger partial charge in [0.05, 0.1) is 22.8 Å². The van der Waals surface area contributed by atoms with Gasteiger partial charge < -0.3 is 0 Å². The van der Waals surface area contributed by atoms with Crippen LogP contribution in [0.5, 0.6) is 0 Å². The van der Waals surface area contributed by atoms with Gasteiger partial charge in [0.1, 0.15) is 12.7 Å². The van der Waals surface area contributed by atoms with E-state index < -0.39 is 0 Å². The molecule has 8 aromatic carbocycles. The Bertz CT molecular complexity index is 3790. The van der Waals surface area contributed by atoms with Crippen molar-refractivity contribution in [2.24, 2.45) is 0 Å². The molecule has 91 heavy (non-hydrogen) atoms. The molecule has 8 nitrogen and oxygen atoms in total. The van der Waals surface area contributed by atoms with Crippen molar-refractivity contribution in [2.45, 2.75) is 44.9 Å². The van der Waals surface area contributed by atoms with Gasteiger partial charge in [-0.2, -0.15) is 0 Å². The van der Waals surface area contributed by atoms with Gasteiger partial charge >= 0.3 is 0 Å². The summed E-state index contributed by atoms with van der Waals surface area (Å²) in [6.07, 6.45) is 25.6. The van der Waals surface area contributed by atoms with Crippen LogP contribution in [0, 0.1) is 0 Å². The largest absolute Gasteiger partial charge is 0.264 e. The molecule has 0 radical (unpaired) electrons. The molecule has 0 unspecified atom stereocenters. The monoisotopic (exact) mass is 1170 g/mol. The zero-order valence-corrected chi connectivity index (χ0v) is 50.2. The highest BCUT2D eigenvalue weighted by Crippen LogP contribution is 2.40. The number of aromatic nitrogens is 8. The molecule has 7 aliphatic carbocycles. The van der Waals surface area contributed by atoms with Gasteiger partial charge in [-0.25, -0.2) is 19.9 Å². The van der Waals surface area contributed by atoms with Crippen LogP contribution in [0.15, 0.2) is 293 Å². The van der Waals surface area contributed by atoms with Crippen LogP contribution in [-0.4, -0.2) is 39.9 Å². The lowest BCUT2D eigenvalue weighted by Gasteiger charge is -1.98. The van der Waals surface area contributed by atoms with Gasteiger partial charge in [0.2, 0.25) is 0 Å². The molecule has 434 valence electrons. The summed E-state index contributed by atoms with van der Waals surface area (Å²) in [7, 11) is 0. The van der Waals surface area contributed by atoms with E-state index >= 15 is 0 Å². The minimum absolute atomic E-state index is 0.952. The topological polar surface area (TPSA) is 103 Å². The van der Waals surface area contributed by atoms with Crippen molar-refractivity contribution in [1.29, 1.82) is 0 Å². The summed E-state index contributed by atoms with van der Waals surface area (Å²) in [5, 5.41) is 0. The van der Waals surface area contributed by atoms with Crippen LogP contribution in [0.25, 0.3) is 78.1 Å². The summed E-state index contributed by atoms with van der Waals surface area (Å²) in [6.45, 7) is 0. The molecule has 7 aliphatic rings. The van der Waals surface area contributed by atoms with Crippen molar-refractivity contribution in [3.8, 4) is 78.1 Å². The number of hydrogen-bond donors (Lipinski definition) is 0. The molecule has 0 N–H and O–H groups in total. The smallest absolute Gasteiger partial charge is 0.116 e. The average Bonchev–Trinajstić information content (AvgIpc) is 3.92. The van der Waals surface area contributed by atoms with Crippen molar-refractivity contribution in [1.82, 2.24) is 39.9 Å². The molecule has 0 aliphatic heterocycles. The Morgan fingerprint density at radius 3 is 1.10 bits per heavy atom. The predicted molar refractivity (Wildman–Crippen MR) is 365 cm³/mol. The quantitative estimate of drug-likeness (QED) is 0.148. The Hall–Kier alpha value is -11.5. The second-order valence-electron chi connectivity index (χ2n) is 23.3. The van der Waals surface area contributed by atoms with Crippen molar-refractivity contribution >= 4 is 0 Å². The van der Waals surface area contributed by atoms with Gasteiger partial charge in [0, 0.05) is 115 Å². The van der Waals surface area contributed by atoms with Crippen LogP contribution in [0.1, 0.15) is 78.1 Å². The van der Waals surface area contributed by atoms with Crippen molar-refractivity contribution in [2.75, 3.05) is 0 Å². The first-order chi connectivity index (χ1) is 45.1. The fourth-order valence-electron chi connectivity index (χ4n) is 13.6. The number of benzene rings is 8. The van der Waals surface area contributed by atoms with Crippen LogP contribution in [0.2, 0.25) is 0 Å². The number of hydrogen-bond acceptors (Lipinski definition) is 8. The lowest BCUT2D eigenvalue weighted by molar-refractivity contribution is 1.07. The zero-order valence-electron chi connectivity index (χ0n) is 50.2. The van der Waals surface area contributed by atoms with E-state index in [1.165, 1.54) is 139 Å². The standard InChI is InChI=1S/C13H10.4C12H9N.2C11H8N2/c1-3-7-12-10(5-1)9-11-6-2-4-8-13(11)12;1-2-6-11-9(4-1)8-10-5-3-7-13-12(10)11;1-2-5-10-9(4-1)8-12-11(10)6-3-7-13-12;1-2-4-11-9(3-1)7-10-8-13-6-5-12(10)11;1-2-4-11-9(3-1)7-10-5-6-13-8-12(10)11;1-2-4-10-8(3-1)5-9-6-12-7-13-11(9)10;1-2-4-9-8(3-1)5-11-10(9)6-12-7-13-11/h1-8H,9H2;2*1-7H,8H2;2*1-6,8H,7H2;2*1-4,6-7H,5H2. The zero-order chi connectivity index (χ0) is 60.7. The second kappa shape index (κ2) is 25.7. The third kappa shape index (κ3) is 11.7. The first-order valence-corrected chi connectivity index (χ1v) is 31.1. The fraction of sp³-hybridized carbons (Fsp3) is 0.0843. The lowest BCUT2D eigenvalue weighted by Crippen LogP contribution is -1.86. The van der Waals surface area contributed by atoms with Gasteiger partial charge in [0.15, 0.2) is 0 Å². The normalized spacial score (nSPS) is 12.3. The SMILES string of the molecule is c1ccc2c(c1)Cc1ccccc1-2.c1ccc2c(c1)Cc1cccnc1-2.c1ccc2c(c1)Cc1ccncc1-2.c1ccc2c(c1)Cc1cnccc1-2.c1ccc2c(c1)Cc1cncnc1-2.c1ccc2c(c1)Cc1ncccc1-2.c1ccc2c(c1)Cc1ncncc1-2. The summed E-state index contributed by atoms with van der Waals surface area (Å²) < 4.78 is 0. The molecule has 14 aromatic rings. The molecule has 6 aromatic heterocycles. The number of nitrogens with zero attached hydrogens (tertiary/aromatic N) is 8. The molecular formula is C83H62N8. The highest BCUT2D eigenvalue weighted by atomic mass is 14.8. The Morgan fingerprint density at radius 1 is 0.176 bits per heavy atom. The first kappa shape index (κ1) is 56.1. The summed E-state index contributed by atoms with van der Waals surface area (Å²) in [4.78, 5) is 33.7. The molecule has 0 bridgehead atoms. The maximum atomic E-state index is 4.40. The summed E-state index contributed by atoms with van der Waals surface area (Å²) in [6, 6.07) is 80.7. The lowest BCUT2D eigenvalue weighted by atomic mass is 10.1. The van der Waals surface area contributed by atoms with E-state index in [9.17, 15) is 0 Å². The molecule has 0 saturated heterocycles. The van der Waals surface area contributed by atoms with E-state index in [4.69, 9.17) is 0 Å². The maximum absolute atomic E-state index is 4.40. The van der Waals surface area contributed by atoms with Crippen LogP contribution >= 0.6 is 0 Å². The number of rotatable bonds is 0. The Morgan fingerprint density at radius 2 is 0.505 bits per heavy atom. The van der Waals surface area contributed by atoms with Crippen LogP contribution in [0.4, 0.5) is 0 Å². The van der Waals surface area contributed by atoms with Crippen LogP contribution < -0.4 is 0 Å². The van der Waals surface area contributed by atoms with E-state index in [0.29, 0.717) is 0 Å². The minimum atomic E-state index is 0.952. The average molecular weight is 1170 g/mol. The van der Waals surface area contributed by atoms with Gasteiger partial charge in [0.25, 0.3) is 0 Å². The first-order valence-electron chi connectivity index (χ1n) is 31.1. The molecule has 0 atom stereocenters. The molecular weight excluding hydrogens is 1110 g/mol. The predicted octanol–water partition coefficient (Wildman–Crippen LogP) is 18.0. The van der Waals surface area contributed by atoms with Gasteiger partial charge in [-0.3, -0.25) is 19.9 Å². The molecule has 0 fully saturated rings. The summed E-state index contributed by atoms with van der Waals surface area (Å²) in [5.74, 6) is 0. The van der Waals surface area contributed by atoms with Gasteiger partial charge in [-0.15, -0.1) is 0 Å². The maximum Gasteiger partial charge on any atom is 0.116 e. The van der Waals surface area contributed by atoms with Gasteiger partial charge in [-0.05, 0) is 137 Å².